The maximum Gasteiger partial charge on any atom is 0.186 e. The zero-order valence-corrected chi connectivity index (χ0v) is 16.5. The second-order valence-corrected chi connectivity index (χ2v) is 9.35. The SMILES string of the molecule is C[C@@H](Nc1c(C#N)nnc2cc(-c3ccc(S(C)(=O)=O)cc3)ccc12)C1CC1. The van der Waals surface area contributed by atoms with E-state index in [2.05, 4.69) is 28.5 Å². The van der Waals surface area contributed by atoms with Crippen molar-refractivity contribution in [3.05, 3.63) is 48.2 Å². The number of nitriles is 1. The summed E-state index contributed by atoms with van der Waals surface area (Å²) in [4.78, 5) is 0.288. The van der Waals surface area contributed by atoms with Crippen LogP contribution in [0.15, 0.2) is 47.4 Å². The van der Waals surface area contributed by atoms with Crippen molar-refractivity contribution >= 4 is 26.4 Å². The molecular formula is C21H20N4O2S. The molecule has 0 amide bonds. The van der Waals surface area contributed by atoms with E-state index in [-0.39, 0.29) is 10.9 Å². The van der Waals surface area contributed by atoms with E-state index in [0.717, 1.165) is 22.2 Å². The molecule has 4 rings (SSSR count). The molecule has 1 N–H and O–H groups in total. The molecule has 3 aromatic rings. The van der Waals surface area contributed by atoms with E-state index in [1.165, 1.54) is 19.1 Å². The van der Waals surface area contributed by atoms with E-state index >= 15 is 0 Å². The van der Waals surface area contributed by atoms with Gasteiger partial charge in [0.15, 0.2) is 15.5 Å². The normalized spacial score (nSPS) is 15.2. The molecule has 0 saturated heterocycles. The Kier molecular flexibility index (Phi) is 4.52. The zero-order chi connectivity index (χ0) is 19.9. The summed E-state index contributed by atoms with van der Waals surface area (Å²) in [5.41, 5.74) is 3.51. The lowest BCUT2D eigenvalue weighted by Crippen LogP contribution is -2.19. The molecule has 6 nitrogen and oxygen atoms in total. The van der Waals surface area contributed by atoms with Gasteiger partial charge in [-0.3, -0.25) is 0 Å². The lowest BCUT2D eigenvalue weighted by atomic mass is 10.0. The van der Waals surface area contributed by atoms with E-state index in [0.29, 0.717) is 17.1 Å². The van der Waals surface area contributed by atoms with E-state index in [4.69, 9.17) is 0 Å². The second-order valence-electron chi connectivity index (χ2n) is 7.33. The number of fused-ring (bicyclic) bond motifs is 1. The van der Waals surface area contributed by atoms with Crippen LogP contribution in [0, 0.1) is 17.2 Å². The molecule has 1 aliphatic rings. The van der Waals surface area contributed by atoms with Gasteiger partial charge in [-0.05, 0) is 61.1 Å². The van der Waals surface area contributed by atoms with Gasteiger partial charge in [0.1, 0.15) is 6.07 Å². The minimum Gasteiger partial charge on any atom is -0.379 e. The number of nitrogens with zero attached hydrogens (tertiary/aromatic N) is 3. The van der Waals surface area contributed by atoms with Crippen LogP contribution < -0.4 is 5.32 Å². The molecule has 28 heavy (non-hydrogen) atoms. The largest absolute Gasteiger partial charge is 0.379 e. The van der Waals surface area contributed by atoms with Gasteiger partial charge in [0, 0.05) is 17.7 Å². The second kappa shape index (κ2) is 6.88. The van der Waals surface area contributed by atoms with Gasteiger partial charge < -0.3 is 5.32 Å². The number of benzene rings is 2. The molecule has 1 aromatic heterocycles. The van der Waals surface area contributed by atoms with E-state index < -0.39 is 9.84 Å². The summed E-state index contributed by atoms with van der Waals surface area (Å²) in [6.45, 7) is 2.13. The predicted octanol–water partition coefficient (Wildman–Crippen LogP) is 3.78. The fourth-order valence-corrected chi connectivity index (χ4v) is 3.98. The van der Waals surface area contributed by atoms with Gasteiger partial charge >= 0.3 is 0 Å². The Bertz CT molecular complexity index is 1190. The molecule has 0 bridgehead atoms. The van der Waals surface area contributed by atoms with Gasteiger partial charge in [-0.15, -0.1) is 10.2 Å². The quantitative estimate of drug-likeness (QED) is 0.710. The van der Waals surface area contributed by atoms with Crippen LogP contribution in [-0.4, -0.2) is 30.9 Å². The van der Waals surface area contributed by atoms with Crippen LogP contribution in [0.25, 0.3) is 22.0 Å². The summed E-state index contributed by atoms with van der Waals surface area (Å²) in [5, 5.41) is 22.0. The first-order valence-corrected chi connectivity index (χ1v) is 11.0. The van der Waals surface area contributed by atoms with Crippen LogP contribution >= 0.6 is 0 Å². The highest BCUT2D eigenvalue weighted by Crippen LogP contribution is 2.36. The van der Waals surface area contributed by atoms with Gasteiger partial charge in [-0.25, -0.2) is 8.42 Å². The number of rotatable bonds is 5. The lowest BCUT2D eigenvalue weighted by Gasteiger charge is -2.17. The van der Waals surface area contributed by atoms with Gasteiger partial charge in [-0.2, -0.15) is 5.26 Å². The van der Waals surface area contributed by atoms with Crippen LogP contribution in [0.5, 0.6) is 0 Å². The van der Waals surface area contributed by atoms with Crippen molar-refractivity contribution in [2.24, 2.45) is 5.92 Å². The summed E-state index contributed by atoms with van der Waals surface area (Å²) >= 11 is 0. The number of hydrogen-bond acceptors (Lipinski definition) is 6. The standard InChI is InChI=1S/C21H20N4O2S/c1-13(14-3-4-14)23-21-18-10-7-16(11-19(18)24-25-20(21)12-22)15-5-8-17(9-6-15)28(2,26)27/h5-11,13-14H,3-4H2,1-2H3,(H,23,24)/t13-/m1/s1. The molecule has 7 heteroatoms. The van der Waals surface area contributed by atoms with Gasteiger partial charge in [-0.1, -0.05) is 18.2 Å². The van der Waals surface area contributed by atoms with Gasteiger partial charge in [0.2, 0.25) is 0 Å². The number of sulfone groups is 1. The van der Waals surface area contributed by atoms with Crippen LogP contribution in [-0.2, 0) is 9.84 Å². The Labute approximate surface area is 164 Å². The molecule has 0 aliphatic heterocycles. The van der Waals surface area contributed by atoms with Crippen LogP contribution in [0.2, 0.25) is 0 Å². The van der Waals surface area contributed by atoms with E-state index in [9.17, 15) is 13.7 Å². The van der Waals surface area contributed by atoms with Gasteiger partial charge in [0.05, 0.1) is 16.1 Å². The zero-order valence-electron chi connectivity index (χ0n) is 15.7. The van der Waals surface area contributed by atoms with Crippen LogP contribution in [0.4, 0.5) is 5.69 Å². The van der Waals surface area contributed by atoms with Crippen molar-refractivity contribution < 1.29 is 8.42 Å². The van der Waals surface area contributed by atoms with Crippen molar-refractivity contribution in [1.29, 1.82) is 5.26 Å². The first-order chi connectivity index (χ1) is 13.4. The Morgan fingerprint density at radius 1 is 1.11 bits per heavy atom. The maximum absolute atomic E-state index is 11.6. The Morgan fingerprint density at radius 3 is 2.39 bits per heavy atom. The first-order valence-electron chi connectivity index (χ1n) is 9.14. The summed E-state index contributed by atoms with van der Waals surface area (Å²) in [5.74, 6) is 0.641. The monoisotopic (exact) mass is 392 g/mol. The number of aromatic nitrogens is 2. The van der Waals surface area contributed by atoms with Crippen molar-refractivity contribution in [1.82, 2.24) is 10.2 Å². The predicted molar refractivity (Wildman–Crippen MR) is 109 cm³/mol. The molecule has 1 fully saturated rings. The number of hydrogen-bond donors (Lipinski definition) is 1. The fourth-order valence-electron chi connectivity index (χ4n) is 3.35. The Hall–Kier alpha value is -2.98. The highest BCUT2D eigenvalue weighted by atomic mass is 32.2. The average molecular weight is 392 g/mol. The molecule has 1 saturated carbocycles. The topological polar surface area (TPSA) is 95.7 Å². The highest BCUT2D eigenvalue weighted by Gasteiger charge is 2.29. The molecular weight excluding hydrogens is 372 g/mol. The third-order valence-corrected chi connectivity index (χ3v) is 6.31. The molecule has 0 spiro atoms. The Morgan fingerprint density at radius 2 is 1.79 bits per heavy atom. The third-order valence-electron chi connectivity index (χ3n) is 5.18. The fraction of sp³-hybridized carbons (Fsp3) is 0.286. The molecule has 1 atom stereocenters. The van der Waals surface area contributed by atoms with Crippen LogP contribution in [0.1, 0.15) is 25.5 Å². The van der Waals surface area contributed by atoms with Crippen molar-refractivity contribution in [3.63, 3.8) is 0 Å². The molecule has 2 aromatic carbocycles. The molecule has 1 aliphatic carbocycles. The van der Waals surface area contributed by atoms with Crippen LogP contribution in [0.3, 0.4) is 0 Å². The molecule has 0 radical (unpaired) electrons. The molecule has 0 unspecified atom stereocenters. The average Bonchev–Trinajstić information content (AvgIpc) is 3.52. The third kappa shape index (κ3) is 3.56. The van der Waals surface area contributed by atoms with Gasteiger partial charge in [0.25, 0.3) is 0 Å². The van der Waals surface area contributed by atoms with Crippen molar-refractivity contribution in [2.75, 3.05) is 11.6 Å². The maximum atomic E-state index is 11.6. The summed E-state index contributed by atoms with van der Waals surface area (Å²) in [7, 11) is -3.22. The highest BCUT2D eigenvalue weighted by molar-refractivity contribution is 7.90. The molecule has 1 heterocycles. The Balaban J connectivity index is 1.74. The smallest absolute Gasteiger partial charge is 0.186 e. The minimum atomic E-state index is -3.22. The first kappa shape index (κ1) is 18.4. The molecule has 142 valence electrons. The van der Waals surface area contributed by atoms with Crippen molar-refractivity contribution in [2.45, 2.75) is 30.7 Å². The van der Waals surface area contributed by atoms with E-state index in [1.807, 2.05) is 18.2 Å². The summed E-state index contributed by atoms with van der Waals surface area (Å²) in [6, 6.07) is 15.0. The summed E-state index contributed by atoms with van der Waals surface area (Å²) in [6.07, 6.45) is 3.61. The van der Waals surface area contributed by atoms with E-state index in [1.54, 1.807) is 24.3 Å². The number of nitrogens with one attached hydrogen (secondary N) is 1. The number of anilines is 1. The lowest BCUT2D eigenvalue weighted by molar-refractivity contribution is 0.602. The minimum absolute atomic E-state index is 0.280. The summed E-state index contributed by atoms with van der Waals surface area (Å²) < 4.78 is 23.3. The van der Waals surface area contributed by atoms with Crippen molar-refractivity contribution in [3.8, 4) is 17.2 Å².